The molecular formula is C12H24ClN. The molecule has 2 heteroatoms. The van der Waals surface area contributed by atoms with Gasteiger partial charge in [0.2, 0.25) is 0 Å². The first kappa shape index (κ1) is 12.3. The predicted octanol–water partition coefficient (Wildman–Crippen LogP) is 3.71. The summed E-state index contributed by atoms with van der Waals surface area (Å²) in [5.41, 5.74) is 0. The SMILES string of the molecule is CCCCC(CCl)NC1CCCCC1. The average molecular weight is 218 g/mol. The highest BCUT2D eigenvalue weighted by atomic mass is 35.5. The molecule has 0 saturated heterocycles. The maximum absolute atomic E-state index is 5.96. The summed E-state index contributed by atoms with van der Waals surface area (Å²) in [5, 5.41) is 3.71. The molecule has 0 bridgehead atoms. The molecule has 1 aliphatic carbocycles. The fraction of sp³-hybridized carbons (Fsp3) is 1.00. The van der Waals surface area contributed by atoms with Gasteiger partial charge in [-0.1, -0.05) is 39.0 Å². The van der Waals surface area contributed by atoms with E-state index in [9.17, 15) is 0 Å². The monoisotopic (exact) mass is 217 g/mol. The van der Waals surface area contributed by atoms with Crippen molar-refractivity contribution in [3.63, 3.8) is 0 Å². The van der Waals surface area contributed by atoms with Crippen LogP contribution in [0.25, 0.3) is 0 Å². The van der Waals surface area contributed by atoms with Crippen molar-refractivity contribution in [2.45, 2.75) is 70.4 Å². The lowest BCUT2D eigenvalue weighted by molar-refractivity contribution is 0.335. The third-order valence-electron chi connectivity index (χ3n) is 3.17. The Hall–Kier alpha value is 0.250. The van der Waals surface area contributed by atoms with Gasteiger partial charge in [-0.25, -0.2) is 0 Å². The lowest BCUT2D eigenvalue weighted by Gasteiger charge is -2.27. The Labute approximate surface area is 93.6 Å². The minimum Gasteiger partial charge on any atom is -0.310 e. The topological polar surface area (TPSA) is 12.0 Å². The average Bonchev–Trinajstić information content (AvgIpc) is 2.25. The molecule has 0 radical (unpaired) electrons. The molecule has 1 atom stereocenters. The Balaban J connectivity index is 2.16. The highest BCUT2D eigenvalue weighted by Crippen LogP contribution is 2.18. The van der Waals surface area contributed by atoms with Gasteiger partial charge >= 0.3 is 0 Å². The number of rotatable bonds is 6. The number of hydrogen-bond donors (Lipinski definition) is 1. The van der Waals surface area contributed by atoms with Crippen molar-refractivity contribution in [2.24, 2.45) is 0 Å². The van der Waals surface area contributed by atoms with Crippen LogP contribution in [-0.2, 0) is 0 Å². The van der Waals surface area contributed by atoms with E-state index in [0.717, 1.165) is 11.9 Å². The number of halogens is 1. The van der Waals surface area contributed by atoms with Crippen molar-refractivity contribution in [1.29, 1.82) is 0 Å². The van der Waals surface area contributed by atoms with Crippen LogP contribution in [-0.4, -0.2) is 18.0 Å². The third-order valence-corrected chi connectivity index (χ3v) is 3.54. The maximum atomic E-state index is 5.96. The van der Waals surface area contributed by atoms with Crippen LogP contribution in [0.5, 0.6) is 0 Å². The maximum Gasteiger partial charge on any atom is 0.0377 e. The molecule has 1 fully saturated rings. The summed E-state index contributed by atoms with van der Waals surface area (Å²) in [6, 6.07) is 1.31. The summed E-state index contributed by atoms with van der Waals surface area (Å²) in [6.45, 7) is 2.24. The van der Waals surface area contributed by atoms with E-state index in [4.69, 9.17) is 11.6 Å². The number of unbranched alkanes of at least 4 members (excludes halogenated alkanes) is 1. The van der Waals surface area contributed by atoms with Crippen LogP contribution < -0.4 is 5.32 Å². The van der Waals surface area contributed by atoms with Crippen LogP contribution in [0.4, 0.5) is 0 Å². The highest BCUT2D eigenvalue weighted by molar-refractivity contribution is 6.18. The van der Waals surface area contributed by atoms with Crippen molar-refractivity contribution < 1.29 is 0 Å². The van der Waals surface area contributed by atoms with Crippen molar-refractivity contribution in [3.05, 3.63) is 0 Å². The zero-order chi connectivity index (χ0) is 10.2. The van der Waals surface area contributed by atoms with Gasteiger partial charge in [0.05, 0.1) is 0 Å². The van der Waals surface area contributed by atoms with E-state index >= 15 is 0 Å². The second-order valence-electron chi connectivity index (χ2n) is 4.50. The number of nitrogens with one attached hydrogen (secondary N) is 1. The standard InChI is InChI=1S/C12H24ClN/c1-2-3-7-12(10-13)14-11-8-5-4-6-9-11/h11-12,14H,2-10H2,1H3. The largest absolute Gasteiger partial charge is 0.310 e. The first-order valence-electron chi connectivity index (χ1n) is 6.18. The van der Waals surface area contributed by atoms with Crippen LogP contribution in [0.1, 0.15) is 58.3 Å². The fourth-order valence-electron chi connectivity index (χ4n) is 2.26. The molecule has 0 aromatic heterocycles. The minimum atomic E-state index is 0.555. The lowest BCUT2D eigenvalue weighted by Crippen LogP contribution is -2.40. The second-order valence-corrected chi connectivity index (χ2v) is 4.80. The van der Waals surface area contributed by atoms with Gasteiger partial charge in [-0.2, -0.15) is 0 Å². The van der Waals surface area contributed by atoms with E-state index in [-0.39, 0.29) is 0 Å². The molecule has 1 aliphatic rings. The molecule has 0 heterocycles. The van der Waals surface area contributed by atoms with Gasteiger partial charge in [0.15, 0.2) is 0 Å². The Morgan fingerprint density at radius 2 is 2.00 bits per heavy atom. The van der Waals surface area contributed by atoms with Gasteiger partial charge in [0.25, 0.3) is 0 Å². The van der Waals surface area contributed by atoms with E-state index in [2.05, 4.69) is 12.2 Å². The molecule has 1 nitrogen and oxygen atoms in total. The van der Waals surface area contributed by atoms with Crippen molar-refractivity contribution >= 4 is 11.6 Å². The molecule has 0 amide bonds. The zero-order valence-electron chi connectivity index (χ0n) is 9.40. The Morgan fingerprint density at radius 3 is 2.57 bits per heavy atom. The van der Waals surface area contributed by atoms with Crippen LogP contribution in [0.2, 0.25) is 0 Å². The Bertz CT molecular complexity index is 132. The number of hydrogen-bond acceptors (Lipinski definition) is 1. The minimum absolute atomic E-state index is 0.555. The van der Waals surface area contributed by atoms with Gasteiger partial charge in [-0.3, -0.25) is 0 Å². The van der Waals surface area contributed by atoms with Crippen molar-refractivity contribution in [1.82, 2.24) is 5.32 Å². The van der Waals surface area contributed by atoms with Gasteiger partial charge in [-0.15, -0.1) is 11.6 Å². The summed E-state index contributed by atoms with van der Waals surface area (Å²) in [5.74, 6) is 0.774. The van der Waals surface area contributed by atoms with Gasteiger partial charge in [-0.05, 0) is 19.3 Å². The molecule has 0 aliphatic heterocycles. The van der Waals surface area contributed by atoms with Crippen LogP contribution in [0.15, 0.2) is 0 Å². The summed E-state index contributed by atoms with van der Waals surface area (Å²) in [6.07, 6.45) is 10.8. The molecule has 1 saturated carbocycles. The molecule has 0 aromatic rings. The Kier molecular flexibility index (Phi) is 6.63. The first-order chi connectivity index (χ1) is 6.86. The fourth-order valence-corrected chi connectivity index (χ4v) is 2.50. The van der Waals surface area contributed by atoms with Crippen LogP contribution in [0.3, 0.4) is 0 Å². The highest BCUT2D eigenvalue weighted by Gasteiger charge is 2.16. The second kappa shape index (κ2) is 7.53. The first-order valence-corrected chi connectivity index (χ1v) is 6.72. The molecule has 0 spiro atoms. The van der Waals surface area contributed by atoms with Crippen LogP contribution >= 0.6 is 11.6 Å². The molecule has 1 N–H and O–H groups in total. The molecule has 1 unspecified atom stereocenters. The zero-order valence-corrected chi connectivity index (χ0v) is 10.2. The van der Waals surface area contributed by atoms with E-state index in [1.807, 2.05) is 0 Å². The van der Waals surface area contributed by atoms with E-state index in [0.29, 0.717) is 6.04 Å². The molecule has 84 valence electrons. The van der Waals surface area contributed by atoms with Crippen LogP contribution in [0, 0.1) is 0 Å². The summed E-state index contributed by atoms with van der Waals surface area (Å²) < 4.78 is 0. The summed E-state index contributed by atoms with van der Waals surface area (Å²) >= 11 is 5.96. The molecular weight excluding hydrogens is 194 g/mol. The lowest BCUT2D eigenvalue weighted by atomic mass is 9.94. The normalized spacial score (nSPS) is 21.0. The summed E-state index contributed by atoms with van der Waals surface area (Å²) in [7, 11) is 0. The van der Waals surface area contributed by atoms with Gasteiger partial charge in [0, 0.05) is 18.0 Å². The number of alkyl halides is 1. The van der Waals surface area contributed by atoms with Crippen molar-refractivity contribution in [2.75, 3.05) is 5.88 Å². The third kappa shape index (κ3) is 4.65. The predicted molar refractivity (Wildman–Crippen MR) is 64.0 cm³/mol. The van der Waals surface area contributed by atoms with E-state index in [1.165, 1.54) is 51.4 Å². The Morgan fingerprint density at radius 1 is 1.29 bits per heavy atom. The quantitative estimate of drug-likeness (QED) is 0.669. The van der Waals surface area contributed by atoms with Crippen molar-refractivity contribution in [3.8, 4) is 0 Å². The van der Waals surface area contributed by atoms with Gasteiger partial charge < -0.3 is 5.32 Å². The molecule has 14 heavy (non-hydrogen) atoms. The van der Waals surface area contributed by atoms with E-state index < -0.39 is 0 Å². The summed E-state index contributed by atoms with van der Waals surface area (Å²) in [4.78, 5) is 0. The molecule has 1 rings (SSSR count). The molecule has 0 aromatic carbocycles. The van der Waals surface area contributed by atoms with Gasteiger partial charge in [0.1, 0.15) is 0 Å². The van der Waals surface area contributed by atoms with E-state index in [1.54, 1.807) is 0 Å². The smallest absolute Gasteiger partial charge is 0.0377 e.